The number of hydrogen-bond acceptors (Lipinski definition) is 4. The number of carbonyl (C=O) groups is 2. The fourth-order valence-electron chi connectivity index (χ4n) is 2.35. The summed E-state index contributed by atoms with van der Waals surface area (Å²) < 4.78 is 23.8. The van der Waals surface area contributed by atoms with Gasteiger partial charge in [0.15, 0.2) is 0 Å². The van der Waals surface area contributed by atoms with Crippen LogP contribution in [0.4, 0.5) is 9.18 Å². The quantitative estimate of drug-likeness (QED) is 0.885. The van der Waals surface area contributed by atoms with Gasteiger partial charge in [-0.05, 0) is 58.4 Å². The van der Waals surface area contributed by atoms with Crippen LogP contribution in [0.25, 0.3) is 0 Å². The normalized spacial score (nSPS) is 18.1. The highest BCUT2D eigenvalue weighted by Gasteiger charge is 2.39. The maximum atomic E-state index is 12.9. The van der Waals surface area contributed by atoms with Crippen molar-refractivity contribution in [3.8, 4) is 5.75 Å². The zero-order valence-electron chi connectivity index (χ0n) is 15.0. The van der Waals surface area contributed by atoms with Gasteiger partial charge in [-0.1, -0.05) is 0 Å². The molecule has 1 fully saturated rings. The number of carbonyl (C=O) groups excluding carboxylic acids is 2. The Hall–Kier alpha value is -2.31. The van der Waals surface area contributed by atoms with Crippen molar-refractivity contribution in [3.05, 3.63) is 30.1 Å². The molecule has 1 saturated heterocycles. The first-order valence-corrected chi connectivity index (χ1v) is 8.35. The molecule has 2 atom stereocenters. The molecule has 1 N–H and O–H groups in total. The summed E-state index contributed by atoms with van der Waals surface area (Å²) in [6.45, 7) is 7.95. The number of nitrogens with zero attached hydrogens (tertiary/aromatic N) is 1. The van der Waals surface area contributed by atoms with Crippen LogP contribution in [0.5, 0.6) is 5.75 Å². The van der Waals surface area contributed by atoms with Crippen molar-refractivity contribution in [3.63, 3.8) is 0 Å². The lowest BCUT2D eigenvalue weighted by atomic mass is 10.0. The smallest absolute Gasteiger partial charge is 0.410 e. The van der Waals surface area contributed by atoms with Crippen LogP contribution in [-0.4, -0.2) is 47.7 Å². The Kier molecular flexibility index (Phi) is 5.87. The molecule has 1 aromatic carbocycles. The Bertz CT molecular complexity index is 612. The van der Waals surface area contributed by atoms with Crippen LogP contribution in [0.2, 0.25) is 0 Å². The van der Waals surface area contributed by atoms with Gasteiger partial charge in [0.05, 0.1) is 6.54 Å². The fraction of sp³-hybridized carbons (Fsp3) is 0.556. The first-order valence-electron chi connectivity index (χ1n) is 8.35. The van der Waals surface area contributed by atoms with Crippen LogP contribution in [0.1, 0.15) is 34.1 Å². The summed E-state index contributed by atoms with van der Waals surface area (Å²) in [4.78, 5) is 25.7. The summed E-state index contributed by atoms with van der Waals surface area (Å²) in [5.41, 5.74) is -0.592. The Morgan fingerprint density at radius 2 is 1.96 bits per heavy atom. The van der Waals surface area contributed by atoms with Gasteiger partial charge >= 0.3 is 6.09 Å². The molecule has 7 heteroatoms. The van der Waals surface area contributed by atoms with Crippen molar-refractivity contribution in [1.29, 1.82) is 0 Å². The maximum Gasteiger partial charge on any atom is 0.410 e. The molecule has 1 heterocycles. The van der Waals surface area contributed by atoms with Crippen LogP contribution in [0, 0.1) is 5.82 Å². The molecule has 0 aliphatic carbocycles. The van der Waals surface area contributed by atoms with E-state index in [0.29, 0.717) is 18.7 Å². The minimum absolute atomic E-state index is 0.230. The molecule has 2 rings (SSSR count). The topological polar surface area (TPSA) is 67.9 Å². The van der Waals surface area contributed by atoms with Gasteiger partial charge in [-0.25, -0.2) is 9.18 Å². The number of benzene rings is 1. The van der Waals surface area contributed by atoms with Crippen molar-refractivity contribution in [2.75, 3.05) is 13.1 Å². The number of amides is 2. The molecular formula is C18H25FN2O4. The van der Waals surface area contributed by atoms with Gasteiger partial charge in [0, 0.05) is 6.54 Å². The van der Waals surface area contributed by atoms with Gasteiger partial charge in [-0.15, -0.1) is 0 Å². The van der Waals surface area contributed by atoms with Crippen LogP contribution in [-0.2, 0) is 9.53 Å². The van der Waals surface area contributed by atoms with Crippen molar-refractivity contribution >= 4 is 12.0 Å². The molecule has 1 aromatic rings. The van der Waals surface area contributed by atoms with Crippen molar-refractivity contribution in [1.82, 2.24) is 10.2 Å². The van der Waals surface area contributed by atoms with E-state index in [0.717, 1.165) is 0 Å². The van der Waals surface area contributed by atoms with Crippen LogP contribution >= 0.6 is 0 Å². The second-order valence-corrected chi connectivity index (χ2v) is 7.11. The molecule has 1 aliphatic rings. The summed E-state index contributed by atoms with van der Waals surface area (Å²) in [5.74, 6) is -0.0330. The minimum atomic E-state index is -0.592. The number of rotatable bonds is 5. The molecule has 2 amide bonds. The summed E-state index contributed by atoms with van der Waals surface area (Å²) in [6, 6.07) is 5.18. The zero-order valence-corrected chi connectivity index (χ0v) is 15.0. The molecule has 0 radical (unpaired) electrons. The molecule has 0 unspecified atom stereocenters. The predicted octanol–water partition coefficient (Wildman–Crippen LogP) is 2.72. The average molecular weight is 352 g/mol. The standard InChI is InChI=1S/C18H25FN2O4/c1-12(24-14-7-5-13(19)6-8-14)11-20-16(22)15-9-10-21(15)17(23)25-18(2,3)4/h5-8,12,15H,9-11H2,1-4H3,(H,20,22)/t12-,15-/m1/s1. The number of nitrogens with one attached hydrogen (secondary N) is 1. The Labute approximate surface area is 147 Å². The van der Waals surface area contributed by atoms with E-state index >= 15 is 0 Å². The monoisotopic (exact) mass is 352 g/mol. The van der Waals surface area contributed by atoms with Crippen LogP contribution < -0.4 is 10.1 Å². The first kappa shape index (κ1) is 19.0. The molecule has 0 aromatic heterocycles. The van der Waals surface area contributed by atoms with Gasteiger partial charge in [0.2, 0.25) is 5.91 Å². The lowest BCUT2D eigenvalue weighted by molar-refractivity contribution is -0.130. The summed E-state index contributed by atoms with van der Waals surface area (Å²) >= 11 is 0. The molecule has 0 spiro atoms. The van der Waals surface area contributed by atoms with E-state index in [1.807, 2.05) is 0 Å². The Morgan fingerprint density at radius 3 is 2.48 bits per heavy atom. The van der Waals surface area contributed by atoms with Gasteiger partial charge in [0.1, 0.15) is 29.3 Å². The van der Waals surface area contributed by atoms with E-state index in [-0.39, 0.29) is 24.4 Å². The lowest BCUT2D eigenvalue weighted by Crippen LogP contribution is -2.59. The average Bonchev–Trinajstić information content (AvgIpc) is 2.44. The highest BCUT2D eigenvalue weighted by Crippen LogP contribution is 2.21. The van der Waals surface area contributed by atoms with E-state index in [9.17, 15) is 14.0 Å². The zero-order chi connectivity index (χ0) is 18.6. The predicted molar refractivity (Wildman–Crippen MR) is 90.8 cm³/mol. The Morgan fingerprint density at radius 1 is 1.32 bits per heavy atom. The summed E-state index contributed by atoms with van der Waals surface area (Å²) in [6.07, 6.45) is -0.155. The van der Waals surface area contributed by atoms with E-state index in [1.54, 1.807) is 27.7 Å². The van der Waals surface area contributed by atoms with Gasteiger partial charge in [0.25, 0.3) is 0 Å². The van der Waals surface area contributed by atoms with Gasteiger partial charge in [-0.2, -0.15) is 0 Å². The second kappa shape index (κ2) is 7.72. The number of hydrogen-bond donors (Lipinski definition) is 1. The van der Waals surface area contributed by atoms with Crippen LogP contribution in [0.15, 0.2) is 24.3 Å². The van der Waals surface area contributed by atoms with Crippen molar-refractivity contribution < 1.29 is 23.5 Å². The van der Waals surface area contributed by atoms with E-state index in [2.05, 4.69) is 5.32 Å². The molecule has 6 nitrogen and oxygen atoms in total. The van der Waals surface area contributed by atoms with E-state index in [1.165, 1.54) is 29.2 Å². The van der Waals surface area contributed by atoms with Gasteiger partial charge in [-0.3, -0.25) is 9.69 Å². The summed E-state index contributed by atoms with van der Waals surface area (Å²) in [7, 11) is 0. The van der Waals surface area contributed by atoms with Crippen molar-refractivity contribution in [2.24, 2.45) is 0 Å². The van der Waals surface area contributed by atoms with E-state index in [4.69, 9.17) is 9.47 Å². The first-order chi connectivity index (χ1) is 11.7. The second-order valence-electron chi connectivity index (χ2n) is 7.11. The highest BCUT2D eigenvalue weighted by atomic mass is 19.1. The maximum absolute atomic E-state index is 12.9. The third-order valence-electron chi connectivity index (χ3n) is 3.66. The molecule has 0 bridgehead atoms. The molecular weight excluding hydrogens is 327 g/mol. The Balaban J connectivity index is 1.77. The van der Waals surface area contributed by atoms with E-state index < -0.39 is 17.7 Å². The molecule has 25 heavy (non-hydrogen) atoms. The third kappa shape index (κ3) is 5.62. The SMILES string of the molecule is C[C@H](CNC(=O)[C@H]1CCN1C(=O)OC(C)(C)C)Oc1ccc(F)cc1. The largest absolute Gasteiger partial charge is 0.489 e. The molecule has 1 aliphatic heterocycles. The highest BCUT2D eigenvalue weighted by molar-refractivity contribution is 5.87. The van der Waals surface area contributed by atoms with Gasteiger partial charge < -0.3 is 14.8 Å². The molecule has 0 saturated carbocycles. The number of ether oxygens (including phenoxy) is 2. The number of likely N-dealkylation sites (tertiary alicyclic amines) is 1. The number of halogens is 1. The van der Waals surface area contributed by atoms with Crippen molar-refractivity contribution in [2.45, 2.75) is 51.9 Å². The lowest BCUT2D eigenvalue weighted by Gasteiger charge is -2.40. The fourth-order valence-corrected chi connectivity index (χ4v) is 2.35. The van der Waals surface area contributed by atoms with Crippen LogP contribution in [0.3, 0.4) is 0 Å². The molecule has 138 valence electrons. The third-order valence-corrected chi connectivity index (χ3v) is 3.66. The minimum Gasteiger partial charge on any atom is -0.489 e. The summed E-state index contributed by atoms with van der Waals surface area (Å²) in [5, 5.41) is 2.78.